The fourth-order valence-corrected chi connectivity index (χ4v) is 2.87. The predicted molar refractivity (Wildman–Crippen MR) is 121 cm³/mol. The van der Waals surface area contributed by atoms with Crippen molar-refractivity contribution >= 4 is 33.7 Å². The first-order valence-electron chi connectivity index (χ1n) is 9.10. The maximum absolute atomic E-state index is 12.5. The van der Waals surface area contributed by atoms with E-state index in [1.54, 1.807) is 24.4 Å². The van der Waals surface area contributed by atoms with E-state index >= 15 is 0 Å². The first-order valence-corrected chi connectivity index (χ1v) is 9.89. The molecule has 0 radical (unpaired) electrons. The van der Waals surface area contributed by atoms with Gasteiger partial charge in [0.1, 0.15) is 12.4 Å². The molecule has 3 aromatic rings. The number of carbonyl (C=O) groups is 1. The Morgan fingerprint density at radius 3 is 2.41 bits per heavy atom. The molecule has 1 amide bonds. The van der Waals surface area contributed by atoms with Gasteiger partial charge in [0.2, 0.25) is 0 Å². The molecule has 5 nitrogen and oxygen atoms in total. The lowest BCUT2D eigenvalue weighted by Crippen LogP contribution is -2.18. The summed E-state index contributed by atoms with van der Waals surface area (Å²) in [6.07, 6.45) is 1.61. The van der Waals surface area contributed by atoms with Crippen LogP contribution in [0.25, 0.3) is 0 Å². The van der Waals surface area contributed by atoms with Gasteiger partial charge in [0.25, 0.3) is 5.91 Å². The van der Waals surface area contributed by atoms with E-state index in [4.69, 9.17) is 4.74 Å². The summed E-state index contributed by atoms with van der Waals surface area (Å²) in [6.45, 7) is 0.374. The van der Waals surface area contributed by atoms with Crippen LogP contribution in [-0.2, 0) is 6.61 Å². The fourth-order valence-electron chi connectivity index (χ4n) is 2.61. The number of ether oxygens (including phenoxy) is 1. The van der Waals surface area contributed by atoms with Crippen molar-refractivity contribution < 1.29 is 9.53 Å². The number of hydrogen-bond acceptors (Lipinski definition) is 4. The second kappa shape index (κ2) is 9.89. The van der Waals surface area contributed by atoms with Gasteiger partial charge in [-0.3, -0.25) is 4.79 Å². The van der Waals surface area contributed by atoms with Crippen LogP contribution in [0, 0.1) is 0 Å². The highest BCUT2D eigenvalue weighted by Gasteiger charge is 2.11. The van der Waals surface area contributed by atoms with Crippen LogP contribution in [0.3, 0.4) is 0 Å². The summed E-state index contributed by atoms with van der Waals surface area (Å²) in [5.41, 5.74) is 6.01. The second-order valence-electron chi connectivity index (χ2n) is 6.60. The van der Waals surface area contributed by atoms with Crippen LogP contribution in [-0.4, -0.2) is 26.2 Å². The number of hydrazone groups is 1. The van der Waals surface area contributed by atoms with Gasteiger partial charge in [0, 0.05) is 24.3 Å². The lowest BCUT2D eigenvalue weighted by atomic mass is 10.2. The molecule has 6 heteroatoms. The van der Waals surface area contributed by atoms with Crippen molar-refractivity contribution in [1.29, 1.82) is 0 Å². The molecule has 0 bridgehead atoms. The van der Waals surface area contributed by atoms with Crippen LogP contribution < -0.4 is 15.1 Å². The van der Waals surface area contributed by atoms with Gasteiger partial charge in [-0.1, -0.05) is 52.3 Å². The number of rotatable bonds is 7. The van der Waals surface area contributed by atoms with E-state index in [1.807, 2.05) is 73.6 Å². The molecule has 0 heterocycles. The van der Waals surface area contributed by atoms with Gasteiger partial charge in [-0.2, -0.15) is 5.10 Å². The predicted octanol–water partition coefficient (Wildman–Crippen LogP) is 4.86. The van der Waals surface area contributed by atoms with E-state index in [0.717, 1.165) is 21.3 Å². The van der Waals surface area contributed by atoms with E-state index < -0.39 is 0 Å². The summed E-state index contributed by atoms with van der Waals surface area (Å²) in [5.74, 6) is 0.191. The number of amides is 1. The molecular formula is C23H22BrN3O2. The van der Waals surface area contributed by atoms with Crippen molar-refractivity contribution in [3.05, 3.63) is 94.0 Å². The van der Waals surface area contributed by atoms with Gasteiger partial charge in [0.05, 0.1) is 11.8 Å². The Labute approximate surface area is 179 Å². The SMILES string of the molecule is CN(C)c1ccc(/C=N\NC(=O)c2ccccc2OCc2ccc(Br)cc2)cc1. The maximum atomic E-state index is 12.5. The fraction of sp³-hybridized carbons (Fsp3) is 0.130. The van der Waals surface area contributed by atoms with Gasteiger partial charge in [0.15, 0.2) is 0 Å². The third-order valence-electron chi connectivity index (χ3n) is 4.23. The van der Waals surface area contributed by atoms with Crippen LogP contribution >= 0.6 is 15.9 Å². The molecule has 148 valence electrons. The molecule has 29 heavy (non-hydrogen) atoms. The molecule has 0 aliphatic carbocycles. The molecule has 1 N–H and O–H groups in total. The van der Waals surface area contributed by atoms with Crippen molar-refractivity contribution in [2.24, 2.45) is 5.10 Å². The zero-order chi connectivity index (χ0) is 20.6. The molecule has 0 spiro atoms. The maximum Gasteiger partial charge on any atom is 0.275 e. The lowest BCUT2D eigenvalue weighted by molar-refractivity contribution is 0.0950. The average Bonchev–Trinajstić information content (AvgIpc) is 2.74. The van der Waals surface area contributed by atoms with Crippen LogP contribution in [0.5, 0.6) is 5.75 Å². The van der Waals surface area contributed by atoms with E-state index in [9.17, 15) is 4.79 Å². The molecule has 3 rings (SSSR count). The van der Waals surface area contributed by atoms with E-state index in [1.165, 1.54) is 0 Å². The molecule has 0 saturated carbocycles. The molecular weight excluding hydrogens is 430 g/mol. The van der Waals surface area contributed by atoms with Gasteiger partial charge in [-0.25, -0.2) is 5.43 Å². The summed E-state index contributed by atoms with van der Waals surface area (Å²) in [6, 6.07) is 22.9. The quantitative estimate of drug-likeness (QED) is 0.412. The van der Waals surface area contributed by atoms with E-state index in [0.29, 0.717) is 17.9 Å². The van der Waals surface area contributed by atoms with Crippen molar-refractivity contribution in [3.63, 3.8) is 0 Å². The van der Waals surface area contributed by atoms with Crippen LogP contribution in [0.2, 0.25) is 0 Å². The highest BCUT2D eigenvalue weighted by molar-refractivity contribution is 9.10. The smallest absolute Gasteiger partial charge is 0.275 e. The summed E-state index contributed by atoms with van der Waals surface area (Å²) in [5, 5.41) is 4.06. The van der Waals surface area contributed by atoms with Gasteiger partial charge < -0.3 is 9.64 Å². The monoisotopic (exact) mass is 451 g/mol. The molecule has 0 saturated heterocycles. The minimum atomic E-state index is -0.322. The standard InChI is InChI=1S/C23H22BrN3O2/c1-27(2)20-13-9-17(10-14-20)15-25-26-23(28)21-5-3-4-6-22(21)29-16-18-7-11-19(24)12-8-18/h3-15H,16H2,1-2H3,(H,26,28)/b25-15-. The molecule has 0 unspecified atom stereocenters. The molecule has 0 aliphatic heterocycles. The number of nitrogens with one attached hydrogen (secondary N) is 1. The first-order chi connectivity index (χ1) is 14.0. The molecule has 0 atom stereocenters. The Bertz CT molecular complexity index is 984. The molecule has 0 fully saturated rings. The van der Waals surface area contributed by atoms with Crippen molar-refractivity contribution in [2.45, 2.75) is 6.61 Å². The third-order valence-corrected chi connectivity index (χ3v) is 4.76. The average molecular weight is 452 g/mol. The summed E-state index contributed by atoms with van der Waals surface area (Å²) in [4.78, 5) is 14.6. The number of halogens is 1. The number of benzene rings is 3. The second-order valence-corrected chi connectivity index (χ2v) is 7.51. The summed E-state index contributed by atoms with van der Waals surface area (Å²) >= 11 is 3.41. The Morgan fingerprint density at radius 1 is 1.03 bits per heavy atom. The number of hydrogen-bond donors (Lipinski definition) is 1. The van der Waals surface area contributed by atoms with Gasteiger partial charge in [-0.15, -0.1) is 0 Å². The number of carbonyl (C=O) groups excluding carboxylic acids is 1. The van der Waals surface area contributed by atoms with Gasteiger partial charge >= 0.3 is 0 Å². The third kappa shape index (κ3) is 5.93. The Hall–Kier alpha value is -3.12. The first kappa shape index (κ1) is 20.6. The lowest BCUT2D eigenvalue weighted by Gasteiger charge is -2.11. The normalized spacial score (nSPS) is 10.7. The Balaban J connectivity index is 1.62. The minimum Gasteiger partial charge on any atom is -0.488 e. The van der Waals surface area contributed by atoms with Crippen molar-refractivity contribution in [3.8, 4) is 5.75 Å². The highest BCUT2D eigenvalue weighted by atomic mass is 79.9. The summed E-state index contributed by atoms with van der Waals surface area (Å²) < 4.78 is 6.86. The largest absolute Gasteiger partial charge is 0.488 e. The zero-order valence-corrected chi connectivity index (χ0v) is 17.9. The van der Waals surface area contributed by atoms with E-state index in [-0.39, 0.29) is 5.91 Å². The molecule has 0 aromatic heterocycles. The number of para-hydroxylation sites is 1. The van der Waals surface area contributed by atoms with Crippen molar-refractivity contribution in [2.75, 3.05) is 19.0 Å². The van der Waals surface area contributed by atoms with E-state index in [2.05, 4.69) is 26.5 Å². The summed E-state index contributed by atoms with van der Waals surface area (Å²) in [7, 11) is 3.97. The number of anilines is 1. The minimum absolute atomic E-state index is 0.322. The molecule has 3 aromatic carbocycles. The Morgan fingerprint density at radius 2 is 1.72 bits per heavy atom. The Kier molecular flexibility index (Phi) is 7.03. The van der Waals surface area contributed by atoms with Crippen LogP contribution in [0.15, 0.2) is 82.4 Å². The topological polar surface area (TPSA) is 53.9 Å². The number of nitrogens with zero attached hydrogens (tertiary/aromatic N) is 2. The zero-order valence-electron chi connectivity index (χ0n) is 16.3. The van der Waals surface area contributed by atoms with Gasteiger partial charge in [-0.05, 0) is 47.5 Å². The van der Waals surface area contributed by atoms with Crippen LogP contribution in [0.4, 0.5) is 5.69 Å². The molecule has 0 aliphatic rings. The highest BCUT2D eigenvalue weighted by Crippen LogP contribution is 2.20. The van der Waals surface area contributed by atoms with Crippen molar-refractivity contribution in [1.82, 2.24) is 5.43 Å². The van der Waals surface area contributed by atoms with Crippen LogP contribution in [0.1, 0.15) is 21.5 Å².